The lowest BCUT2D eigenvalue weighted by Gasteiger charge is -2.12. The predicted octanol–water partition coefficient (Wildman–Crippen LogP) is 1.19. The maximum Gasteiger partial charge on any atom is 0.228 e. The fourth-order valence-electron chi connectivity index (χ4n) is 1.74. The third kappa shape index (κ3) is 3.17. The van der Waals surface area contributed by atoms with E-state index >= 15 is 0 Å². The Morgan fingerprint density at radius 3 is 2.68 bits per heavy atom. The summed E-state index contributed by atoms with van der Waals surface area (Å²) in [7, 11) is 0. The van der Waals surface area contributed by atoms with Crippen LogP contribution < -0.4 is 11.1 Å². The van der Waals surface area contributed by atoms with Crippen molar-refractivity contribution in [3.8, 4) is 5.69 Å². The van der Waals surface area contributed by atoms with E-state index in [1.165, 1.54) is 6.33 Å². The number of carbonyl (C=O) groups is 1. The van der Waals surface area contributed by atoms with Gasteiger partial charge in [-0.25, -0.2) is 9.67 Å². The molecule has 6 nitrogen and oxygen atoms in total. The van der Waals surface area contributed by atoms with Crippen molar-refractivity contribution in [1.82, 2.24) is 14.8 Å². The summed E-state index contributed by atoms with van der Waals surface area (Å²) in [4.78, 5) is 15.8. The first-order chi connectivity index (χ1) is 9.24. The molecule has 1 aromatic carbocycles. The number of hydrogen-bond donors (Lipinski definition) is 2. The fourth-order valence-corrected chi connectivity index (χ4v) is 1.74. The highest BCUT2D eigenvalue weighted by Crippen LogP contribution is 2.13. The molecule has 0 saturated heterocycles. The molecular weight excluding hydrogens is 242 g/mol. The molecule has 6 heteroatoms. The Hall–Kier alpha value is -2.21. The second-order valence-corrected chi connectivity index (χ2v) is 4.22. The normalized spacial score (nSPS) is 12.1. The van der Waals surface area contributed by atoms with Gasteiger partial charge in [-0.05, 0) is 30.7 Å². The van der Waals surface area contributed by atoms with Crippen LogP contribution in [-0.4, -0.2) is 27.2 Å². The van der Waals surface area contributed by atoms with E-state index in [0.717, 1.165) is 17.8 Å². The molecule has 19 heavy (non-hydrogen) atoms. The van der Waals surface area contributed by atoms with Gasteiger partial charge in [0.05, 0.1) is 11.6 Å². The number of rotatable bonds is 5. The number of benzene rings is 1. The van der Waals surface area contributed by atoms with E-state index in [1.54, 1.807) is 11.0 Å². The third-order valence-electron chi connectivity index (χ3n) is 2.97. The Morgan fingerprint density at radius 2 is 2.16 bits per heavy atom. The van der Waals surface area contributed by atoms with Gasteiger partial charge in [-0.1, -0.05) is 6.92 Å². The Balaban J connectivity index is 2.05. The molecule has 0 saturated carbocycles. The molecule has 2 aromatic rings. The highest BCUT2D eigenvalue weighted by molar-refractivity contribution is 5.92. The molecule has 3 N–H and O–H groups in total. The number of nitrogens with two attached hydrogens (primary N) is 1. The summed E-state index contributed by atoms with van der Waals surface area (Å²) in [6.07, 6.45) is 3.83. The van der Waals surface area contributed by atoms with Crippen LogP contribution in [0.2, 0.25) is 0 Å². The fraction of sp³-hybridized carbons (Fsp3) is 0.308. The van der Waals surface area contributed by atoms with Crippen molar-refractivity contribution in [1.29, 1.82) is 0 Å². The van der Waals surface area contributed by atoms with E-state index in [1.807, 2.05) is 31.2 Å². The van der Waals surface area contributed by atoms with E-state index in [-0.39, 0.29) is 11.8 Å². The van der Waals surface area contributed by atoms with Gasteiger partial charge >= 0.3 is 0 Å². The molecular formula is C13H17N5O. The van der Waals surface area contributed by atoms with Crippen LogP contribution in [0, 0.1) is 5.92 Å². The van der Waals surface area contributed by atoms with Crippen LogP contribution in [0.1, 0.15) is 13.3 Å². The molecule has 0 fully saturated rings. The van der Waals surface area contributed by atoms with Gasteiger partial charge < -0.3 is 11.1 Å². The smallest absolute Gasteiger partial charge is 0.228 e. The first-order valence-corrected chi connectivity index (χ1v) is 6.20. The molecule has 1 aromatic heterocycles. The summed E-state index contributed by atoms with van der Waals surface area (Å²) >= 11 is 0. The number of anilines is 1. The zero-order valence-electron chi connectivity index (χ0n) is 10.8. The van der Waals surface area contributed by atoms with Crippen molar-refractivity contribution in [2.75, 3.05) is 11.9 Å². The highest BCUT2D eigenvalue weighted by atomic mass is 16.1. The summed E-state index contributed by atoms with van der Waals surface area (Å²) in [6, 6.07) is 7.40. The maximum atomic E-state index is 11.9. The van der Waals surface area contributed by atoms with Gasteiger partial charge in [-0.15, -0.1) is 0 Å². The minimum Gasteiger partial charge on any atom is -0.330 e. The van der Waals surface area contributed by atoms with E-state index in [2.05, 4.69) is 15.4 Å². The second kappa shape index (κ2) is 6.10. The Labute approximate surface area is 111 Å². The summed E-state index contributed by atoms with van der Waals surface area (Å²) in [5.74, 6) is -0.187. The zero-order chi connectivity index (χ0) is 13.7. The molecule has 2 rings (SSSR count). The molecule has 0 aliphatic rings. The van der Waals surface area contributed by atoms with E-state index in [0.29, 0.717) is 6.54 Å². The predicted molar refractivity (Wildman–Crippen MR) is 72.8 cm³/mol. The van der Waals surface area contributed by atoms with Gasteiger partial charge in [0.15, 0.2) is 0 Å². The van der Waals surface area contributed by atoms with Gasteiger partial charge in [-0.2, -0.15) is 5.10 Å². The van der Waals surface area contributed by atoms with Crippen molar-refractivity contribution in [3.63, 3.8) is 0 Å². The van der Waals surface area contributed by atoms with Crippen LogP contribution in [0.3, 0.4) is 0 Å². The molecule has 0 aliphatic heterocycles. The molecule has 0 radical (unpaired) electrons. The van der Waals surface area contributed by atoms with E-state index < -0.39 is 0 Å². The quantitative estimate of drug-likeness (QED) is 0.844. The van der Waals surface area contributed by atoms with Gasteiger partial charge in [0.2, 0.25) is 5.91 Å². The Morgan fingerprint density at radius 1 is 1.42 bits per heavy atom. The first kappa shape index (κ1) is 13.2. The molecule has 1 heterocycles. The van der Waals surface area contributed by atoms with Crippen LogP contribution in [0.4, 0.5) is 5.69 Å². The van der Waals surface area contributed by atoms with Gasteiger partial charge in [-0.3, -0.25) is 4.79 Å². The molecule has 0 bridgehead atoms. The van der Waals surface area contributed by atoms with Crippen molar-refractivity contribution < 1.29 is 4.79 Å². The lowest BCUT2D eigenvalue weighted by atomic mass is 10.1. The average Bonchev–Trinajstić information content (AvgIpc) is 2.95. The largest absolute Gasteiger partial charge is 0.330 e. The van der Waals surface area contributed by atoms with Gasteiger partial charge in [0.25, 0.3) is 0 Å². The van der Waals surface area contributed by atoms with Crippen LogP contribution >= 0.6 is 0 Å². The standard InChI is InChI=1S/C13H17N5O/c1-2-10(7-14)13(19)17-11-3-5-12(6-4-11)18-9-15-8-16-18/h3-6,8-10H,2,7,14H2,1H3,(H,17,19). The summed E-state index contributed by atoms with van der Waals surface area (Å²) in [5, 5.41) is 6.89. The highest BCUT2D eigenvalue weighted by Gasteiger charge is 2.14. The number of amides is 1. The number of nitrogens with zero attached hydrogens (tertiary/aromatic N) is 3. The molecule has 0 aliphatic carbocycles. The van der Waals surface area contributed by atoms with Crippen LogP contribution in [0.15, 0.2) is 36.9 Å². The second-order valence-electron chi connectivity index (χ2n) is 4.22. The number of aromatic nitrogens is 3. The summed E-state index contributed by atoms with van der Waals surface area (Å²) < 4.78 is 1.65. The summed E-state index contributed by atoms with van der Waals surface area (Å²) in [6.45, 7) is 2.31. The topological polar surface area (TPSA) is 85.8 Å². The molecule has 1 unspecified atom stereocenters. The molecule has 1 atom stereocenters. The maximum absolute atomic E-state index is 11.9. The van der Waals surface area contributed by atoms with Crippen LogP contribution in [0.5, 0.6) is 0 Å². The molecule has 1 amide bonds. The Kier molecular flexibility index (Phi) is 4.25. The average molecular weight is 259 g/mol. The Bertz CT molecular complexity index is 516. The zero-order valence-corrected chi connectivity index (χ0v) is 10.8. The van der Waals surface area contributed by atoms with Crippen molar-refractivity contribution >= 4 is 11.6 Å². The van der Waals surface area contributed by atoms with Gasteiger partial charge in [0.1, 0.15) is 12.7 Å². The number of nitrogens with one attached hydrogen (secondary N) is 1. The van der Waals surface area contributed by atoms with Crippen LogP contribution in [-0.2, 0) is 4.79 Å². The third-order valence-corrected chi connectivity index (χ3v) is 2.97. The van der Waals surface area contributed by atoms with Crippen molar-refractivity contribution in [2.45, 2.75) is 13.3 Å². The minimum atomic E-state index is -0.144. The minimum absolute atomic E-state index is 0.0431. The lowest BCUT2D eigenvalue weighted by molar-refractivity contribution is -0.119. The number of carbonyl (C=O) groups excluding carboxylic acids is 1. The van der Waals surface area contributed by atoms with Gasteiger partial charge in [0, 0.05) is 12.2 Å². The van der Waals surface area contributed by atoms with E-state index in [4.69, 9.17) is 5.73 Å². The van der Waals surface area contributed by atoms with Crippen molar-refractivity contribution in [2.24, 2.45) is 11.7 Å². The molecule has 100 valence electrons. The summed E-state index contributed by atoms with van der Waals surface area (Å²) in [5.41, 5.74) is 7.19. The van der Waals surface area contributed by atoms with Crippen LogP contribution in [0.25, 0.3) is 5.69 Å². The SMILES string of the molecule is CCC(CN)C(=O)Nc1ccc(-n2cncn2)cc1. The lowest BCUT2D eigenvalue weighted by Crippen LogP contribution is -2.28. The molecule has 0 spiro atoms. The van der Waals surface area contributed by atoms with E-state index in [9.17, 15) is 4.79 Å². The first-order valence-electron chi connectivity index (χ1n) is 6.20. The number of hydrogen-bond acceptors (Lipinski definition) is 4. The monoisotopic (exact) mass is 259 g/mol. The van der Waals surface area contributed by atoms with Crippen molar-refractivity contribution in [3.05, 3.63) is 36.9 Å².